The Labute approximate surface area is 156 Å². The van der Waals surface area contributed by atoms with Gasteiger partial charge in [0.1, 0.15) is 5.69 Å². The largest absolute Gasteiger partial charge is 0.378 e. The van der Waals surface area contributed by atoms with Crippen LogP contribution in [0.4, 0.5) is 5.69 Å². The first-order chi connectivity index (χ1) is 13.2. The summed E-state index contributed by atoms with van der Waals surface area (Å²) in [6.45, 7) is 2.14. The predicted octanol–water partition coefficient (Wildman–Crippen LogP) is 2.35. The maximum absolute atomic E-state index is 12.7. The van der Waals surface area contributed by atoms with Gasteiger partial charge in [0.25, 0.3) is 11.8 Å². The highest BCUT2D eigenvalue weighted by Gasteiger charge is 2.20. The molecular weight excluding hydrogens is 344 g/mol. The molecule has 0 saturated carbocycles. The Morgan fingerprint density at radius 3 is 2.67 bits per heavy atom. The molecule has 0 atom stereocenters. The number of fused-ring (bicyclic) bond motifs is 1. The number of ether oxygens (including phenoxy) is 1. The number of hydrogen-bond donors (Lipinski definition) is 1. The molecule has 1 aliphatic rings. The number of pyridine rings is 2. The van der Waals surface area contributed by atoms with E-state index in [0.717, 1.165) is 5.39 Å². The van der Waals surface area contributed by atoms with E-state index in [9.17, 15) is 9.59 Å². The molecule has 1 fully saturated rings. The molecular formula is C20H18N4O3. The number of anilines is 1. The van der Waals surface area contributed by atoms with Gasteiger partial charge in [0.05, 0.1) is 24.4 Å². The van der Waals surface area contributed by atoms with Gasteiger partial charge in [-0.25, -0.2) is 0 Å². The highest BCUT2D eigenvalue weighted by molar-refractivity contribution is 6.08. The molecule has 0 radical (unpaired) electrons. The van der Waals surface area contributed by atoms with Crippen molar-refractivity contribution in [1.29, 1.82) is 0 Å². The minimum absolute atomic E-state index is 0.124. The SMILES string of the molecule is O=C(Nc1cccc2cccnc12)c1cc(C(=O)N2CCOCC2)ccn1. The number of aromatic nitrogens is 2. The van der Waals surface area contributed by atoms with Crippen LogP contribution in [0.1, 0.15) is 20.8 Å². The van der Waals surface area contributed by atoms with Gasteiger partial charge in [-0.15, -0.1) is 0 Å². The summed E-state index contributed by atoms with van der Waals surface area (Å²) in [5, 5.41) is 3.77. The fourth-order valence-electron chi connectivity index (χ4n) is 3.03. The summed E-state index contributed by atoms with van der Waals surface area (Å²) in [7, 11) is 0. The summed E-state index contributed by atoms with van der Waals surface area (Å²) in [5.74, 6) is -0.508. The lowest BCUT2D eigenvalue weighted by Crippen LogP contribution is -2.40. The third kappa shape index (κ3) is 3.63. The molecule has 3 aromatic rings. The van der Waals surface area contributed by atoms with Crippen molar-refractivity contribution in [2.75, 3.05) is 31.6 Å². The monoisotopic (exact) mass is 362 g/mol. The van der Waals surface area contributed by atoms with Crippen LogP contribution in [0.25, 0.3) is 10.9 Å². The van der Waals surface area contributed by atoms with Gasteiger partial charge in [-0.3, -0.25) is 19.6 Å². The molecule has 3 heterocycles. The van der Waals surface area contributed by atoms with Crippen molar-refractivity contribution in [2.24, 2.45) is 0 Å². The van der Waals surface area contributed by atoms with Crippen LogP contribution in [0.5, 0.6) is 0 Å². The third-order valence-electron chi connectivity index (χ3n) is 4.42. The molecule has 4 rings (SSSR count). The quantitative estimate of drug-likeness (QED) is 0.773. The molecule has 2 aromatic heterocycles. The number of para-hydroxylation sites is 1. The summed E-state index contributed by atoms with van der Waals surface area (Å²) in [5.41, 5.74) is 1.92. The standard InChI is InChI=1S/C20H18N4O3/c25-19(23-16-5-1-3-14-4-2-7-22-18(14)16)17-13-15(6-8-21-17)20(26)24-9-11-27-12-10-24/h1-8,13H,9-12H2,(H,23,25). The van der Waals surface area contributed by atoms with E-state index in [4.69, 9.17) is 4.74 Å². The minimum atomic E-state index is -0.384. The predicted molar refractivity (Wildman–Crippen MR) is 101 cm³/mol. The van der Waals surface area contributed by atoms with E-state index in [1.54, 1.807) is 23.2 Å². The highest BCUT2D eigenvalue weighted by Crippen LogP contribution is 2.21. The summed E-state index contributed by atoms with van der Waals surface area (Å²) in [6.07, 6.45) is 3.15. The minimum Gasteiger partial charge on any atom is -0.378 e. The van der Waals surface area contributed by atoms with E-state index in [2.05, 4.69) is 15.3 Å². The molecule has 0 spiro atoms. The molecule has 0 bridgehead atoms. The van der Waals surface area contributed by atoms with Crippen molar-refractivity contribution >= 4 is 28.4 Å². The first-order valence-electron chi connectivity index (χ1n) is 8.70. The lowest BCUT2D eigenvalue weighted by molar-refractivity contribution is 0.0303. The second-order valence-corrected chi connectivity index (χ2v) is 6.17. The lowest BCUT2D eigenvalue weighted by atomic mass is 10.1. The van der Waals surface area contributed by atoms with Crippen molar-refractivity contribution in [3.8, 4) is 0 Å². The lowest BCUT2D eigenvalue weighted by Gasteiger charge is -2.26. The van der Waals surface area contributed by atoms with E-state index >= 15 is 0 Å². The van der Waals surface area contributed by atoms with E-state index in [0.29, 0.717) is 43.1 Å². The number of nitrogens with zero attached hydrogens (tertiary/aromatic N) is 3. The molecule has 0 aliphatic carbocycles. The highest BCUT2D eigenvalue weighted by atomic mass is 16.5. The number of nitrogens with one attached hydrogen (secondary N) is 1. The number of carbonyl (C=O) groups excluding carboxylic acids is 2. The fourth-order valence-corrected chi connectivity index (χ4v) is 3.03. The zero-order chi connectivity index (χ0) is 18.6. The average molecular weight is 362 g/mol. The second-order valence-electron chi connectivity index (χ2n) is 6.17. The van der Waals surface area contributed by atoms with Crippen molar-refractivity contribution in [1.82, 2.24) is 14.9 Å². The van der Waals surface area contributed by atoms with Crippen LogP contribution in [-0.4, -0.2) is 53.0 Å². The third-order valence-corrected chi connectivity index (χ3v) is 4.42. The number of hydrogen-bond acceptors (Lipinski definition) is 5. The van der Waals surface area contributed by atoms with Crippen molar-refractivity contribution in [3.05, 3.63) is 66.1 Å². The number of rotatable bonds is 3. The normalized spacial score (nSPS) is 14.1. The van der Waals surface area contributed by atoms with Gasteiger partial charge in [0.15, 0.2) is 0 Å². The van der Waals surface area contributed by atoms with Gasteiger partial charge in [-0.2, -0.15) is 0 Å². The maximum atomic E-state index is 12.7. The fraction of sp³-hybridized carbons (Fsp3) is 0.200. The van der Waals surface area contributed by atoms with Crippen LogP contribution in [0, 0.1) is 0 Å². The number of morpholine rings is 1. The van der Waals surface area contributed by atoms with E-state index < -0.39 is 0 Å². The zero-order valence-electron chi connectivity index (χ0n) is 14.6. The Hall–Kier alpha value is -3.32. The number of amides is 2. The summed E-state index contributed by atoms with van der Waals surface area (Å²) < 4.78 is 5.27. The van der Waals surface area contributed by atoms with Crippen molar-refractivity contribution < 1.29 is 14.3 Å². The van der Waals surface area contributed by atoms with Gasteiger partial charge < -0.3 is 15.0 Å². The van der Waals surface area contributed by atoms with E-state index in [-0.39, 0.29) is 17.5 Å². The first-order valence-corrected chi connectivity index (χ1v) is 8.70. The Bertz CT molecular complexity index is 994. The van der Waals surface area contributed by atoms with Gasteiger partial charge in [0, 0.05) is 36.4 Å². The summed E-state index contributed by atoms with van der Waals surface area (Å²) in [6, 6.07) is 12.5. The van der Waals surface area contributed by atoms with Crippen molar-refractivity contribution in [2.45, 2.75) is 0 Å². The molecule has 1 saturated heterocycles. The second kappa shape index (κ2) is 7.51. The molecule has 7 heteroatoms. The molecule has 0 unspecified atom stereocenters. The Morgan fingerprint density at radius 2 is 1.81 bits per heavy atom. The number of benzene rings is 1. The van der Waals surface area contributed by atoms with Crippen LogP contribution in [-0.2, 0) is 4.74 Å². The Balaban J connectivity index is 1.56. The smallest absolute Gasteiger partial charge is 0.274 e. The van der Waals surface area contributed by atoms with Crippen LogP contribution in [0.2, 0.25) is 0 Å². The van der Waals surface area contributed by atoms with Crippen LogP contribution >= 0.6 is 0 Å². The molecule has 136 valence electrons. The van der Waals surface area contributed by atoms with Gasteiger partial charge in [-0.05, 0) is 24.3 Å². The molecule has 1 aromatic carbocycles. The van der Waals surface area contributed by atoms with E-state index in [1.807, 2.05) is 24.3 Å². The molecule has 27 heavy (non-hydrogen) atoms. The number of carbonyl (C=O) groups is 2. The Morgan fingerprint density at radius 1 is 1.00 bits per heavy atom. The molecule has 1 aliphatic heterocycles. The average Bonchev–Trinajstić information content (AvgIpc) is 2.74. The molecule has 7 nitrogen and oxygen atoms in total. The van der Waals surface area contributed by atoms with Crippen LogP contribution in [0.3, 0.4) is 0 Å². The topological polar surface area (TPSA) is 84.4 Å². The molecule has 1 N–H and O–H groups in total. The first kappa shape index (κ1) is 17.1. The summed E-state index contributed by atoms with van der Waals surface area (Å²) in [4.78, 5) is 35.4. The van der Waals surface area contributed by atoms with Gasteiger partial charge in [0.2, 0.25) is 0 Å². The Kier molecular flexibility index (Phi) is 4.76. The molecule has 2 amide bonds. The maximum Gasteiger partial charge on any atom is 0.274 e. The van der Waals surface area contributed by atoms with Gasteiger partial charge in [-0.1, -0.05) is 18.2 Å². The van der Waals surface area contributed by atoms with Crippen LogP contribution in [0.15, 0.2) is 54.9 Å². The van der Waals surface area contributed by atoms with E-state index in [1.165, 1.54) is 12.3 Å². The van der Waals surface area contributed by atoms with Gasteiger partial charge >= 0.3 is 0 Å². The zero-order valence-corrected chi connectivity index (χ0v) is 14.6. The summed E-state index contributed by atoms with van der Waals surface area (Å²) >= 11 is 0. The van der Waals surface area contributed by atoms with Crippen LogP contribution < -0.4 is 5.32 Å². The van der Waals surface area contributed by atoms with Crippen molar-refractivity contribution in [3.63, 3.8) is 0 Å².